The molecule has 0 amide bonds. The van der Waals surface area contributed by atoms with Gasteiger partial charge in [0.05, 0.1) is 12.6 Å². The van der Waals surface area contributed by atoms with Crippen LogP contribution in [0.1, 0.15) is 63.0 Å². The van der Waals surface area contributed by atoms with Crippen molar-refractivity contribution in [3.63, 3.8) is 0 Å². The molecule has 3 rings (SSSR count). The quantitative estimate of drug-likeness (QED) is 0.647. The fourth-order valence-electron chi connectivity index (χ4n) is 3.57. The van der Waals surface area contributed by atoms with Crippen molar-refractivity contribution >= 4 is 6.21 Å². The van der Waals surface area contributed by atoms with Crippen molar-refractivity contribution in [3.8, 4) is 5.88 Å². The van der Waals surface area contributed by atoms with Gasteiger partial charge >= 0.3 is 5.69 Å². The van der Waals surface area contributed by atoms with Crippen LogP contribution in [0.15, 0.2) is 14.6 Å². The Morgan fingerprint density at radius 2 is 1.92 bits per heavy atom. The minimum atomic E-state index is -0.599. The van der Waals surface area contributed by atoms with Gasteiger partial charge in [-0.1, -0.05) is 25.7 Å². The van der Waals surface area contributed by atoms with Crippen LogP contribution in [0.4, 0.5) is 0 Å². The summed E-state index contributed by atoms with van der Waals surface area (Å²) in [4.78, 5) is 30.8. The molecule has 2 aliphatic rings. The SMILES string of the molecule is O=c1[nH]c(=O)n(C2CCCCCC2)c(O)c1C=NC[C@H]1CCCO1. The molecule has 2 N–H and O–H groups in total. The lowest BCUT2D eigenvalue weighted by Gasteiger charge is -2.19. The van der Waals surface area contributed by atoms with Gasteiger partial charge in [-0.2, -0.15) is 0 Å². The first kappa shape index (κ1) is 17.0. The van der Waals surface area contributed by atoms with Crippen LogP contribution >= 0.6 is 0 Å². The lowest BCUT2D eigenvalue weighted by molar-refractivity contribution is 0.118. The van der Waals surface area contributed by atoms with E-state index < -0.39 is 11.2 Å². The minimum absolute atomic E-state index is 0.0526. The van der Waals surface area contributed by atoms with E-state index in [1.54, 1.807) is 0 Å². The highest BCUT2D eigenvalue weighted by Gasteiger charge is 2.21. The average Bonchev–Trinajstić information content (AvgIpc) is 2.92. The van der Waals surface area contributed by atoms with Crippen molar-refractivity contribution < 1.29 is 9.84 Å². The molecule has 1 aliphatic carbocycles. The molecule has 0 bridgehead atoms. The standard InChI is InChI=1S/C17H25N3O4/c21-15-14(11-18-10-13-8-5-9-24-13)16(22)20(17(23)19-15)12-6-3-1-2-4-7-12/h11-13,22H,1-10H2,(H,19,21,23)/t13-/m1/s1. The van der Waals surface area contributed by atoms with Gasteiger partial charge in [-0.05, 0) is 25.7 Å². The number of nitrogens with one attached hydrogen (secondary N) is 1. The van der Waals surface area contributed by atoms with Gasteiger partial charge in [0.15, 0.2) is 0 Å². The number of ether oxygens (including phenoxy) is 1. The second kappa shape index (κ2) is 7.79. The first-order chi connectivity index (χ1) is 11.7. The molecule has 1 aromatic heterocycles. The summed E-state index contributed by atoms with van der Waals surface area (Å²) in [6.07, 6.45) is 9.45. The number of aromatic hydroxyl groups is 1. The number of aliphatic imine (C=N–C) groups is 1. The fourth-order valence-corrected chi connectivity index (χ4v) is 3.57. The van der Waals surface area contributed by atoms with Crippen LogP contribution in [0.5, 0.6) is 5.88 Å². The maximum atomic E-state index is 12.2. The van der Waals surface area contributed by atoms with E-state index in [2.05, 4.69) is 9.98 Å². The van der Waals surface area contributed by atoms with Gasteiger partial charge in [0.1, 0.15) is 5.56 Å². The molecule has 0 spiro atoms. The lowest BCUT2D eigenvalue weighted by Crippen LogP contribution is -2.34. The van der Waals surface area contributed by atoms with E-state index in [4.69, 9.17) is 4.74 Å². The third kappa shape index (κ3) is 3.77. The minimum Gasteiger partial charge on any atom is -0.494 e. The van der Waals surface area contributed by atoms with Crippen LogP contribution < -0.4 is 11.2 Å². The molecule has 24 heavy (non-hydrogen) atoms. The van der Waals surface area contributed by atoms with E-state index in [0.29, 0.717) is 6.54 Å². The molecular formula is C17H25N3O4. The van der Waals surface area contributed by atoms with E-state index >= 15 is 0 Å². The maximum Gasteiger partial charge on any atom is 0.331 e. The number of hydrogen-bond acceptors (Lipinski definition) is 5. The smallest absolute Gasteiger partial charge is 0.331 e. The van der Waals surface area contributed by atoms with Gasteiger partial charge in [-0.25, -0.2) is 4.79 Å². The van der Waals surface area contributed by atoms with Crippen LogP contribution in [0, 0.1) is 0 Å². The van der Waals surface area contributed by atoms with Crippen molar-refractivity contribution in [2.75, 3.05) is 13.2 Å². The molecule has 1 aliphatic heterocycles. The summed E-state index contributed by atoms with van der Waals surface area (Å²) in [6, 6.07) is -0.0674. The largest absolute Gasteiger partial charge is 0.494 e. The summed E-state index contributed by atoms with van der Waals surface area (Å²) in [5.41, 5.74) is -1.09. The Hall–Kier alpha value is -1.89. The Kier molecular flexibility index (Phi) is 5.50. The van der Waals surface area contributed by atoms with E-state index in [-0.39, 0.29) is 23.6 Å². The maximum absolute atomic E-state index is 12.2. The van der Waals surface area contributed by atoms with Crippen LogP contribution in [-0.2, 0) is 4.74 Å². The number of H-pyrrole nitrogens is 1. The second-order valence-corrected chi connectivity index (χ2v) is 6.64. The summed E-state index contributed by atoms with van der Waals surface area (Å²) >= 11 is 0. The van der Waals surface area contributed by atoms with Gasteiger partial charge in [0, 0.05) is 18.9 Å². The second-order valence-electron chi connectivity index (χ2n) is 6.64. The van der Waals surface area contributed by atoms with Crippen LogP contribution in [0.3, 0.4) is 0 Å². The highest BCUT2D eigenvalue weighted by molar-refractivity contribution is 5.81. The lowest BCUT2D eigenvalue weighted by atomic mass is 10.1. The zero-order chi connectivity index (χ0) is 16.9. The molecule has 7 heteroatoms. The summed E-state index contributed by atoms with van der Waals surface area (Å²) in [7, 11) is 0. The number of aromatic nitrogens is 2. The molecule has 0 aromatic carbocycles. The van der Waals surface area contributed by atoms with E-state index in [9.17, 15) is 14.7 Å². The van der Waals surface area contributed by atoms with Crippen molar-refractivity contribution in [1.82, 2.24) is 9.55 Å². The molecular weight excluding hydrogens is 310 g/mol. The van der Waals surface area contributed by atoms with Gasteiger partial charge in [0.25, 0.3) is 5.56 Å². The first-order valence-corrected chi connectivity index (χ1v) is 8.86. The van der Waals surface area contributed by atoms with E-state index in [1.165, 1.54) is 10.8 Å². The molecule has 7 nitrogen and oxygen atoms in total. The van der Waals surface area contributed by atoms with Gasteiger partial charge in [-0.15, -0.1) is 0 Å². The highest BCUT2D eigenvalue weighted by Crippen LogP contribution is 2.28. The summed E-state index contributed by atoms with van der Waals surface area (Å²) in [5.74, 6) is -0.272. The Morgan fingerprint density at radius 1 is 1.17 bits per heavy atom. The molecule has 0 unspecified atom stereocenters. The summed E-state index contributed by atoms with van der Waals surface area (Å²) in [5, 5.41) is 10.5. The fraction of sp³-hybridized carbons (Fsp3) is 0.706. The zero-order valence-electron chi connectivity index (χ0n) is 13.9. The average molecular weight is 335 g/mol. The van der Waals surface area contributed by atoms with Crippen LogP contribution in [0.25, 0.3) is 0 Å². The third-order valence-corrected chi connectivity index (χ3v) is 4.90. The highest BCUT2D eigenvalue weighted by atomic mass is 16.5. The predicted molar refractivity (Wildman–Crippen MR) is 91.2 cm³/mol. The first-order valence-electron chi connectivity index (χ1n) is 8.86. The van der Waals surface area contributed by atoms with Gasteiger partial charge in [-0.3, -0.25) is 19.3 Å². The number of nitrogens with zero attached hydrogens (tertiary/aromatic N) is 2. The van der Waals surface area contributed by atoms with Crippen molar-refractivity contribution in [1.29, 1.82) is 0 Å². The monoisotopic (exact) mass is 335 g/mol. The van der Waals surface area contributed by atoms with Crippen LogP contribution in [0.2, 0.25) is 0 Å². The van der Waals surface area contributed by atoms with Crippen molar-refractivity contribution in [3.05, 3.63) is 26.4 Å². The molecule has 1 atom stereocenters. The molecule has 1 saturated carbocycles. The number of rotatable bonds is 4. The van der Waals surface area contributed by atoms with Crippen molar-refractivity contribution in [2.24, 2.45) is 4.99 Å². The molecule has 132 valence electrons. The number of aromatic amines is 1. The van der Waals surface area contributed by atoms with Crippen LogP contribution in [-0.4, -0.2) is 40.1 Å². The van der Waals surface area contributed by atoms with E-state index in [1.807, 2.05) is 0 Å². The third-order valence-electron chi connectivity index (χ3n) is 4.90. The Balaban J connectivity index is 1.85. The molecule has 2 heterocycles. The molecule has 0 radical (unpaired) electrons. The van der Waals surface area contributed by atoms with Gasteiger partial charge in [0.2, 0.25) is 5.88 Å². The van der Waals surface area contributed by atoms with E-state index in [0.717, 1.165) is 58.0 Å². The zero-order valence-corrected chi connectivity index (χ0v) is 13.9. The summed E-state index contributed by atoms with van der Waals surface area (Å²) in [6.45, 7) is 1.21. The Morgan fingerprint density at radius 3 is 2.58 bits per heavy atom. The predicted octanol–water partition coefficient (Wildman–Crippen LogP) is 1.74. The molecule has 1 aromatic rings. The number of hydrogen-bond donors (Lipinski definition) is 2. The van der Waals surface area contributed by atoms with Gasteiger partial charge < -0.3 is 9.84 Å². The van der Waals surface area contributed by atoms with Crippen molar-refractivity contribution in [2.45, 2.75) is 63.5 Å². The molecule has 2 fully saturated rings. The Labute approximate surface area is 140 Å². The topological polar surface area (TPSA) is 96.7 Å². The summed E-state index contributed by atoms with van der Waals surface area (Å²) < 4.78 is 6.82. The molecule has 1 saturated heterocycles. The Bertz CT molecular complexity index is 693. The normalized spacial score (nSPS) is 22.9.